The third-order valence-electron chi connectivity index (χ3n) is 12.6. The molecule has 1 unspecified atom stereocenters. The average molecular weight is 974 g/mol. The van der Waals surface area contributed by atoms with Crippen molar-refractivity contribution in [1.82, 2.24) is 30.0 Å². The first-order valence-corrected chi connectivity index (χ1v) is 25.1. The monoisotopic (exact) mass is 973 g/mol. The van der Waals surface area contributed by atoms with Crippen molar-refractivity contribution in [3.05, 3.63) is 83.0 Å². The van der Waals surface area contributed by atoms with Crippen LogP contribution in [0.1, 0.15) is 65.7 Å². The number of para-hydroxylation sites is 1. The summed E-state index contributed by atoms with van der Waals surface area (Å²) in [5.74, 6) is 0.0254. The molecule has 8 rings (SSSR count). The van der Waals surface area contributed by atoms with Gasteiger partial charge in [0.05, 0.1) is 41.1 Å². The Labute approximate surface area is 398 Å². The van der Waals surface area contributed by atoms with Crippen LogP contribution in [0.5, 0.6) is 5.75 Å². The summed E-state index contributed by atoms with van der Waals surface area (Å²) in [6, 6.07) is 17.5. The largest absolute Gasteiger partial charge is 0.494 e. The zero-order valence-electron chi connectivity index (χ0n) is 37.5. The van der Waals surface area contributed by atoms with Gasteiger partial charge in [-0.25, -0.2) is 4.98 Å². The van der Waals surface area contributed by atoms with Crippen molar-refractivity contribution in [2.24, 2.45) is 0 Å². The normalized spacial score (nSPS) is 18.3. The van der Waals surface area contributed by atoms with Gasteiger partial charge in [-0.05, 0) is 80.3 Å². The molecule has 3 aromatic carbocycles. The van der Waals surface area contributed by atoms with E-state index in [1.165, 1.54) is 20.4 Å². The van der Waals surface area contributed by atoms with Crippen molar-refractivity contribution in [2.75, 3.05) is 81.9 Å². The van der Waals surface area contributed by atoms with E-state index in [0.29, 0.717) is 53.8 Å². The van der Waals surface area contributed by atoms with E-state index in [1.54, 1.807) is 61.3 Å². The van der Waals surface area contributed by atoms with Crippen LogP contribution in [0.4, 0.5) is 28.8 Å². The molecule has 0 bridgehead atoms. The van der Waals surface area contributed by atoms with Gasteiger partial charge in [0.25, 0.3) is 11.8 Å². The maximum atomic E-state index is 13.2. The number of methoxy groups -OCH3 is 1. The van der Waals surface area contributed by atoms with Crippen LogP contribution >= 0.6 is 31.0 Å². The number of unbranched alkanes of at least 4 members (excludes halogenated alkanes) is 1. The molecule has 0 spiro atoms. The molecule has 1 atom stereocenters. The Hall–Kier alpha value is -5.56. The van der Waals surface area contributed by atoms with Crippen LogP contribution in [0.15, 0.2) is 71.8 Å². The number of piperidine rings is 2. The third kappa shape index (κ3) is 10.6. The first-order valence-electron chi connectivity index (χ1n) is 22.2. The summed E-state index contributed by atoms with van der Waals surface area (Å²) in [5.41, 5.74) is 2.70. The summed E-state index contributed by atoms with van der Waals surface area (Å²) < 4.78 is 29.4. The molecule has 0 radical (unpaired) electrons. The molecule has 21 heteroatoms. The Morgan fingerprint density at radius 1 is 0.866 bits per heavy atom. The van der Waals surface area contributed by atoms with Gasteiger partial charge in [0.1, 0.15) is 16.8 Å². The van der Waals surface area contributed by atoms with Crippen LogP contribution < -0.4 is 30.9 Å². The smallest absolute Gasteiger partial charge is 0.362 e. The third-order valence-corrected chi connectivity index (χ3v) is 15.9. The molecule has 4 aromatic rings. The lowest BCUT2D eigenvalue weighted by Gasteiger charge is -2.43. The quantitative estimate of drug-likeness (QED) is 0.0465. The predicted molar refractivity (Wildman–Crippen MR) is 255 cm³/mol. The highest BCUT2D eigenvalue weighted by Crippen LogP contribution is 2.47. The summed E-state index contributed by atoms with van der Waals surface area (Å²) in [6.45, 7) is 4.88. The molecule has 1 aromatic heterocycles. The first kappa shape index (κ1) is 47.9. The van der Waals surface area contributed by atoms with Gasteiger partial charge in [0.2, 0.25) is 23.7 Å². The Bertz CT molecular complexity index is 2580. The zero-order valence-corrected chi connectivity index (χ0v) is 40.0. The van der Waals surface area contributed by atoms with E-state index in [1.807, 2.05) is 23.1 Å². The molecule has 4 aliphatic rings. The maximum absolute atomic E-state index is 13.2. The number of piperazine rings is 1. The highest BCUT2D eigenvalue weighted by molar-refractivity contribution is 7.99. The summed E-state index contributed by atoms with van der Waals surface area (Å²) in [4.78, 5) is 81.0. The summed E-state index contributed by atoms with van der Waals surface area (Å²) >= 11 is 8.05. The summed E-state index contributed by atoms with van der Waals surface area (Å²) in [6.07, 6.45) is 5.71. The molecule has 3 fully saturated rings. The molecule has 18 nitrogen and oxygen atoms in total. The second-order valence-electron chi connectivity index (χ2n) is 16.5. The number of ether oxygens (including phenoxy) is 1. The van der Waals surface area contributed by atoms with E-state index in [4.69, 9.17) is 25.4 Å². The van der Waals surface area contributed by atoms with E-state index < -0.39 is 37.3 Å². The minimum Gasteiger partial charge on any atom is -0.494 e. The molecule has 3 N–H and O–H groups in total. The van der Waals surface area contributed by atoms with E-state index in [9.17, 15) is 28.5 Å². The highest BCUT2D eigenvalue weighted by Gasteiger charge is 2.44. The number of amides is 5. The average Bonchev–Trinajstić information content (AvgIpc) is 3.59. The van der Waals surface area contributed by atoms with Gasteiger partial charge in [-0.3, -0.25) is 43.7 Å². The predicted octanol–water partition coefficient (Wildman–Crippen LogP) is 6.21. The second-order valence-corrected chi connectivity index (χ2v) is 20.3. The van der Waals surface area contributed by atoms with Crippen LogP contribution in [-0.2, 0) is 28.0 Å². The zero-order chi connectivity index (χ0) is 47.2. The lowest BCUT2D eigenvalue weighted by atomic mass is 10.0. The molecule has 354 valence electrons. The van der Waals surface area contributed by atoms with Gasteiger partial charge in [0, 0.05) is 89.0 Å². The minimum absolute atomic E-state index is 0.0736. The molecule has 5 heterocycles. The second kappa shape index (κ2) is 21.2. The van der Waals surface area contributed by atoms with Gasteiger partial charge in [-0.15, -0.1) is 11.8 Å². The van der Waals surface area contributed by atoms with Gasteiger partial charge >= 0.3 is 7.60 Å². The Morgan fingerprint density at radius 2 is 1.61 bits per heavy atom. The Kier molecular flexibility index (Phi) is 15.1. The minimum atomic E-state index is -3.58. The number of benzene rings is 3. The van der Waals surface area contributed by atoms with Gasteiger partial charge in [0.15, 0.2) is 5.82 Å². The van der Waals surface area contributed by atoms with Crippen molar-refractivity contribution < 1.29 is 42.3 Å². The number of rotatable bonds is 17. The number of nitrogens with one attached hydrogen (secondary N) is 3. The van der Waals surface area contributed by atoms with Crippen molar-refractivity contribution in [1.29, 1.82) is 0 Å². The fourth-order valence-corrected chi connectivity index (χ4v) is 11.2. The molecular formula is C46H53ClN9O9PS. The topological polar surface area (TPSA) is 205 Å². The number of anilines is 5. The van der Waals surface area contributed by atoms with Gasteiger partial charge in [-0.1, -0.05) is 23.7 Å². The number of imide groups is 2. The van der Waals surface area contributed by atoms with Gasteiger partial charge < -0.3 is 34.2 Å². The van der Waals surface area contributed by atoms with Crippen LogP contribution in [0.25, 0.3) is 0 Å². The van der Waals surface area contributed by atoms with E-state index in [-0.39, 0.29) is 40.8 Å². The van der Waals surface area contributed by atoms with Crippen molar-refractivity contribution in [3.8, 4) is 5.75 Å². The molecule has 4 aliphatic heterocycles. The van der Waals surface area contributed by atoms with Crippen molar-refractivity contribution in [2.45, 2.75) is 61.9 Å². The number of hydrogen-bond donors (Lipinski definition) is 3. The number of nitrogens with zero attached hydrogens (tertiary/aromatic N) is 6. The van der Waals surface area contributed by atoms with E-state index >= 15 is 0 Å². The number of hydrogen-bond acceptors (Lipinski definition) is 16. The number of fused-ring (bicyclic) bond motifs is 1. The number of carbonyl (C=O) groups is 5. The number of aromatic nitrogens is 2. The molecule has 0 aliphatic carbocycles. The number of carbonyl (C=O) groups excluding carboxylic acids is 5. The maximum Gasteiger partial charge on any atom is 0.362 e. The van der Waals surface area contributed by atoms with Crippen LogP contribution in [0.2, 0.25) is 5.02 Å². The Morgan fingerprint density at radius 3 is 2.34 bits per heavy atom. The molecule has 5 amide bonds. The lowest BCUT2D eigenvalue weighted by molar-refractivity contribution is -0.136. The highest BCUT2D eigenvalue weighted by atomic mass is 35.5. The van der Waals surface area contributed by atoms with Crippen LogP contribution in [0.3, 0.4) is 0 Å². The fourth-order valence-electron chi connectivity index (χ4n) is 8.92. The lowest BCUT2D eigenvalue weighted by Crippen LogP contribution is -2.54. The molecule has 67 heavy (non-hydrogen) atoms. The SMILES string of the molecule is COc1cc(N2CCC(N3CCN(C(=O)CCCCSc4ccc5c(c4)C(=O)N(C4CCC(=O)NC4=O)C5=O)CC3)CC2)ccc1Nc1ncc(Cl)c(Nc2ccccc2P(=O)(OC)OC)n1. The van der Waals surface area contributed by atoms with Gasteiger partial charge in [-0.2, -0.15) is 4.98 Å². The van der Waals surface area contributed by atoms with Crippen LogP contribution in [-0.4, -0.2) is 133 Å². The van der Waals surface area contributed by atoms with Crippen LogP contribution in [0, 0.1) is 0 Å². The van der Waals surface area contributed by atoms with E-state index in [0.717, 1.165) is 73.1 Å². The number of thioether (sulfide) groups is 1. The van der Waals surface area contributed by atoms with E-state index in [2.05, 4.69) is 35.7 Å². The molecule has 3 saturated heterocycles. The molecule has 0 saturated carbocycles. The molecular weight excluding hydrogens is 921 g/mol. The van der Waals surface area contributed by atoms with Crippen molar-refractivity contribution >= 4 is 94.6 Å². The summed E-state index contributed by atoms with van der Waals surface area (Å²) in [7, 11) is 0.692. The fraction of sp³-hybridized carbons (Fsp3) is 0.413. The number of halogens is 1. The first-order chi connectivity index (χ1) is 32.4. The Balaban J connectivity index is 0.760. The standard InChI is InChI=1S/C46H53ClN9O9PS/c1-63-38-26-30(11-14-35(38)50-46-48-28-34(47)42(52-46)49-36-8-4-5-9-39(36)66(62,64-2)65-3)53-19-17-29(18-20-53)54-21-23-55(24-22-54)41(58)10-6-7-25-67-31-12-13-32-33(27-31)45(61)56(44(32)60)37-15-16-40(57)51-43(37)59/h4-5,8-9,11-14,26-29,37H,6-7,10,15-25H2,1-3H3,(H,51,57,59)(H2,48,49,50,52). The van der Waals surface area contributed by atoms with Crippen molar-refractivity contribution in [3.63, 3.8) is 0 Å². The summed E-state index contributed by atoms with van der Waals surface area (Å²) in [5, 5.41) is 9.19.